The van der Waals surface area contributed by atoms with Crippen molar-refractivity contribution in [1.82, 2.24) is 10.6 Å². The number of fused-ring (bicyclic) bond motifs is 3. The number of carboxylic acid groups (broad SMARTS) is 1. The molecule has 0 saturated heterocycles. The molecule has 210 valence electrons. The Bertz CT molecular complexity index is 1140. The molecule has 0 radical (unpaired) electrons. The molecule has 2 atom stereocenters. The molecule has 39 heavy (non-hydrogen) atoms. The summed E-state index contributed by atoms with van der Waals surface area (Å²) in [4.78, 5) is 48.3. The van der Waals surface area contributed by atoms with Gasteiger partial charge < -0.3 is 30.0 Å². The first kappa shape index (κ1) is 29.5. The van der Waals surface area contributed by atoms with Crippen LogP contribution in [0.1, 0.15) is 64.0 Å². The molecule has 0 aliphatic heterocycles. The Morgan fingerprint density at radius 3 is 2.08 bits per heavy atom. The van der Waals surface area contributed by atoms with E-state index in [0.29, 0.717) is 19.4 Å². The summed E-state index contributed by atoms with van der Waals surface area (Å²) in [6.45, 7) is 6.87. The van der Waals surface area contributed by atoms with Gasteiger partial charge in [-0.25, -0.2) is 19.2 Å². The fourth-order valence-electron chi connectivity index (χ4n) is 4.32. The number of amides is 2. The molecular formula is C29H36N2O8. The van der Waals surface area contributed by atoms with Crippen molar-refractivity contribution in [1.29, 1.82) is 0 Å². The molecule has 3 N–H and O–H groups in total. The Labute approximate surface area is 228 Å². The highest BCUT2D eigenvalue weighted by atomic mass is 16.6. The van der Waals surface area contributed by atoms with Crippen molar-refractivity contribution >= 4 is 24.1 Å². The van der Waals surface area contributed by atoms with Gasteiger partial charge in [0.15, 0.2) is 6.10 Å². The molecule has 0 fully saturated rings. The Morgan fingerprint density at radius 1 is 0.923 bits per heavy atom. The number of carboxylic acids is 1. The Kier molecular flexibility index (Phi) is 9.92. The number of alkyl carbamates (subject to hydrolysis) is 2. The summed E-state index contributed by atoms with van der Waals surface area (Å²) >= 11 is 0. The van der Waals surface area contributed by atoms with E-state index in [4.69, 9.17) is 19.3 Å². The number of aliphatic carboxylic acids is 1. The van der Waals surface area contributed by atoms with Crippen LogP contribution < -0.4 is 10.6 Å². The number of carbonyl (C=O) groups is 4. The molecule has 3 rings (SSSR count). The molecule has 0 spiro atoms. The second-order valence-electron chi connectivity index (χ2n) is 10.4. The number of unbranched alkanes of at least 4 members (excludes halogenated alkanes) is 1. The molecule has 2 amide bonds. The summed E-state index contributed by atoms with van der Waals surface area (Å²) in [6, 6.07) is 14.7. The van der Waals surface area contributed by atoms with Gasteiger partial charge in [-0.2, -0.15) is 0 Å². The van der Waals surface area contributed by atoms with Gasteiger partial charge in [-0.1, -0.05) is 48.5 Å². The summed E-state index contributed by atoms with van der Waals surface area (Å²) < 4.78 is 15.7. The molecule has 0 aromatic heterocycles. The number of carbonyl (C=O) groups excluding carboxylic acids is 3. The van der Waals surface area contributed by atoms with Crippen LogP contribution >= 0.6 is 0 Å². The van der Waals surface area contributed by atoms with E-state index in [-0.39, 0.29) is 18.9 Å². The number of ether oxygens (including phenoxy) is 3. The molecule has 2 aromatic rings. The Balaban J connectivity index is 1.57. The molecule has 1 aliphatic carbocycles. The fraction of sp³-hybridized carbons (Fsp3) is 0.448. The molecule has 1 aliphatic rings. The molecule has 0 saturated carbocycles. The van der Waals surface area contributed by atoms with E-state index in [1.807, 2.05) is 48.5 Å². The van der Waals surface area contributed by atoms with Crippen molar-refractivity contribution in [3.8, 4) is 11.1 Å². The van der Waals surface area contributed by atoms with Gasteiger partial charge in [0.25, 0.3) is 0 Å². The van der Waals surface area contributed by atoms with Crippen LogP contribution in [0.2, 0.25) is 0 Å². The zero-order chi connectivity index (χ0) is 28.6. The molecule has 10 nitrogen and oxygen atoms in total. The van der Waals surface area contributed by atoms with Gasteiger partial charge in [0.05, 0.1) is 0 Å². The molecular weight excluding hydrogens is 504 g/mol. The van der Waals surface area contributed by atoms with E-state index in [1.54, 1.807) is 20.8 Å². The lowest BCUT2D eigenvalue weighted by molar-refractivity contribution is -0.164. The zero-order valence-electron chi connectivity index (χ0n) is 22.7. The van der Waals surface area contributed by atoms with Gasteiger partial charge in [0.1, 0.15) is 18.2 Å². The number of hydrogen-bond donors (Lipinski definition) is 3. The zero-order valence-corrected chi connectivity index (χ0v) is 22.7. The lowest BCUT2D eigenvalue weighted by Crippen LogP contribution is -2.44. The van der Waals surface area contributed by atoms with Gasteiger partial charge in [0, 0.05) is 12.5 Å². The molecule has 2 aromatic carbocycles. The van der Waals surface area contributed by atoms with Gasteiger partial charge >= 0.3 is 24.1 Å². The predicted molar refractivity (Wildman–Crippen MR) is 143 cm³/mol. The molecule has 0 bridgehead atoms. The highest BCUT2D eigenvalue weighted by Crippen LogP contribution is 2.44. The lowest BCUT2D eigenvalue weighted by atomic mass is 9.98. The van der Waals surface area contributed by atoms with Crippen LogP contribution in [0.3, 0.4) is 0 Å². The van der Waals surface area contributed by atoms with E-state index in [0.717, 1.165) is 22.3 Å². The predicted octanol–water partition coefficient (Wildman–Crippen LogP) is 4.61. The topological polar surface area (TPSA) is 140 Å². The molecule has 10 heteroatoms. The van der Waals surface area contributed by atoms with Crippen molar-refractivity contribution in [2.75, 3.05) is 13.2 Å². The fourth-order valence-corrected chi connectivity index (χ4v) is 4.32. The average molecular weight is 541 g/mol. The number of rotatable bonds is 11. The van der Waals surface area contributed by atoms with Crippen LogP contribution in [0.25, 0.3) is 11.1 Å². The maximum Gasteiger partial charge on any atom is 0.407 e. The van der Waals surface area contributed by atoms with Crippen LogP contribution in [0.4, 0.5) is 9.59 Å². The van der Waals surface area contributed by atoms with E-state index in [1.165, 1.54) is 6.92 Å². The van der Waals surface area contributed by atoms with Crippen LogP contribution in [0, 0.1) is 0 Å². The van der Waals surface area contributed by atoms with Crippen molar-refractivity contribution < 1.29 is 38.5 Å². The smallest absolute Gasteiger partial charge is 0.407 e. The van der Waals surface area contributed by atoms with Gasteiger partial charge in [0.2, 0.25) is 0 Å². The maximum atomic E-state index is 12.7. The van der Waals surface area contributed by atoms with Crippen molar-refractivity contribution in [3.63, 3.8) is 0 Å². The van der Waals surface area contributed by atoms with E-state index in [9.17, 15) is 19.2 Å². The van der Waals surface area contributed by atoms with Crippen LogP contribution in [0.15, 0.2) is 48.5 Å². The van der Waals surface area contributed by atoms with E-state index >= 15 is 0 Å². The normalized spacial score (nSPS) is 13.8. The average Bonchev–Trinajstić information content (AvgIpc) is 3.19. The number of benzene rings is 2. The van der Waals surface area contributed by atoms with Crippen molar-refractivity contribution in [2.45, 2.75) is 70.6 Å². The summed E-state index contributed by atoms with van der Waals surface area (Å²) in [5.41, 5.74) is 3.66. The lowest BCUT2D eigenvalue weighted by Gasteiger charge is -2.21. The van der Waals surface area contributed by atoms with Crippen LogP contribution in [0.5, 0.6) is 0 Å². The van der Waals surface area contributed by atoms with Gasteiger partial charge in [-0.05, 0) is 69.2 Å². The second-order valence-corrected chi connectivity index (χ2v) is 10.4. The number of nitrogens with one attached hydrogen (secondary N) is 2. The first-order valence-corrected chi connectivity index (χ1v) is 13.0. The molecule has 0 heterocycles. The highest BCUT2D eigenvalue weighted by molar-refractivity contribution is 5.84. The monoisotopic (exact) mass is 540 g/mol. The minimum atomic E-state index is -1.38. The minimum Gasteiger partial charge on any atom is -0.479 e. The summed E-state index contributed by atoms with van der Waals surface area (Å²) in [5, 5.41) is 14.3. The highest BCUT2D eigenvalue weighted by Gasteiger charge is 2.30. The third-order valence-corrected chi connectivity index (χ3v) is 6.15. The quantitative estimate of drug-likeness (QED) is 0.213. The second kappa shape index (κ2) is 13.1. The largest absolute Gasteiger partial charge is 0.479 e. The Hall–Kier alpha value is -4.08. The maximum absolute atomic E-state index is 12.7. The first-order chi connectivity index (χ1) is 18.5. The van der Waals surface area contributed by atoms with E-state index < -0.39 is 41.9 Å². The standard InChI is InChI=1S/C29H36N2O8/c1-18(25(32)33)38-26(34)24(15-9-10-16-30-27(35)39-29(2,3)4)31-28(36)37-17-23-21-13-7-5-11-19(21)20-12-6-8-14-22(20)23/h5-8,11-14,18,23-24H,9-10,15-17H2,1-4H3,(H,30,35)(H,31,36)(H,32,33)/t18-,24-/m0/s1. The SMILES string of the molecule is C[C@H](OC(=O)[C@H](CCCCNC(=O)OC(C)(C)C)NC(=O)OCC1c2ccccc2-c2ccccc21)C(=O)O. The van der Waals surface area contributed by atoms with Gasteiger partial charge in [-0.15, -0.1) is 0 Å². The van der Waals surface area contributed by atoms with Crippen LogP contribution in [-0.2, 0) is 23.8 Å². The van der Waals surface area contributed by atoms with Gasteiger partial charge in [-0.3, -0.25) is 0 Å². The minimum absolute atomic E-state index is 0.0625. The van der Waals surface area contributed by atoms with E-state index in [2.05, 4.69) is 10.6 Å². The van der Waals surface area contributed by atoms with Crippen molar-refractivity contribution in [2.24, 2.45) is 0 Å². The van der Waals surface area contributed by atoms with Crippen molar-refractivity contribution in [3.05, 3.63) is 59.7 Å². The Morgan fingerprint density at radius 2 is 1.51 bits per heavy atom. The third-order valence-electron chi connectivity index (χ3n) is 6.15. The summed E-state index contributed by atoms with van der Waals surface area (Å²) in [6.07, 6.45) is -1.66. The first-order valence-electron chi connectivity index (χ1n) is 13.0. The number of esters is 1. The summed E-state index contributed by atoms with van der Waals surface area (Å²) in [5.74, 6) is -2.33. The van der Waals surface area contributed by atoms with Crippen LogP contribution in [-0.4, -0.2) is 60.1 Å². The number of hydrogen-bond acceptors (Lipinski definition) is 7. The summed E-state index contributed by atoms with van der Waals surface area (Å²) in [7, 11) is 0. The molecule has 0 unspecified atom stereocenters. The third kappa shape index (κ3) is 8.46.